The molecule has 0 aliphatic carbocycles. The lowest BCUT2D eigenvalue weighted by molar-refractivity contribution is -0.136. The van der Waals surface area contributed by atoms with Crippen LogP contribution in [0.4, 0.5) is 18.9 Å². The lowest BCUT2D eigenvalue weighted by Gasteiger charge is -2.13. The number of pyridine rings is 1. The topological polar surface area (TPSA) is 74.3 Å². The van der Waals surface area contributed by atoms with Crippen LogP contribution in [0.25, 0.3) is 0 Å². The van der Waals surface area contributed by atoms with Gasteiger partial charge < -0.3 is 15.5 Å². The number of nitrogens with zero attached hydrogens (tertiary/aromatic N) is 2. The fourth-order valence-corrected chi connectivity index (χ4v) is 2.42. The van der Waals surface area contributed by atoms with Crippen LogP contribution in [0.3, 0.4) is 0 Å². The fourth-order valence-electron chi connectivity index (χ4n) is 2.42. The molecule has 0 saturated carbocycles. The molecule has 0 saturated heterocycles. The summed E-state index contributed by atoms with van der Waals surface area (Å²) in [4.78, 5) is 30.4. The number of carbonyl (C=O) groups excluding carboxylic acids is 2. The highest BCUT2D eigenvalue weighted by molar-refractivity contribution is 6.06. The summed E-state index contributed by atoms with van der Waals surface area (Å²) in [6.45, 7) is 1.24. The molecule has 2 aromatic rings. The number of rotatable bonds is 7. The number of carbonyl (C=O) groups is 2. The average Bonchev–Trinajstić information content (AvgIpc) is 2.64. The highest BCUT2D eigenvalue weighted by Crippen LogP contribution is 2.34. The van der Waals surface area contributed by atoms with E-state index in [-0.39, 0.29) is 16.9 Å². The Hall–Kier alpha value is -2.94. The zero-order valence-corrected chi connectivity index (χ0v) is 15.5. The van der Waals surface area contributed by atoms with Crippen molar-refractivity contribution >= 4 is 17.5 Å². The van der Waals surface area contributed by atoms with Gasteiger partial charge in [0.2, 0.25) is 0 Å². The quantitative estimate of drug-likeness (QED) is 0.708. The number of para-hydroxylation sites is 1. The van der Waals surface area contributed by atoms with Crippen LogP contribution in [0.15, 0.2) is 42.6 Å². The minimum Gasteiger partial charge on any atom is -0.351 e. The van der Waals surface area contributed by atoms with Gasteiger partial charge in [0.05, 0.1) is 11.3 Å². The number of amides is 2. The second-order valence-electron chi connectivity index (χ2n) is 6.34. The van der Waals surface area contributed by atoms with Crippen molar-refractivity contribution in [1.82, 2.24) is 15.2 Å². The van der Waals surface area contributed by atoms with Crippen molar-refractivity contribution in [3.05, 3.63) is 59.4 Å². The summed E-state index contributed by atoms with van der Waals surface area (Å²) in [5, 5.41) is 4.93. The Kier molecular flexibility index (Phi) is 7.11. The van der Waals surface area contributed by atoms with Crippen LogP contribution < -0.4 is 10.6 Å². The minimum atomic E-state index is -4.60. The lowest BCUT2D eigenvalue weighted by atomic mass is 10.1. The molecular weight excluding hydrogens is 373 g/mol. The highest BCUT2D eigenvalue weighted by atomic mass is 19.4. The number of benzene rings is 1. The zero-order chi connectivity index (χ0) is 20.7. The molecule has 1 heterocycles. The van der Waals surface area contributed by atoms with Gasteiger partial charge in [0.25, 0.3) is 11.8 Å². The van der Waals surface area contributed by atoms with E-state index >= 15 is 0 Å². The number of nitrogens with one attached hydrogen (secondary N) is 2. The van der Waals surface area contributed by atoms with Crippen molar-refractivity contribution in [1.29, 1.82) is 0 Å². The summed E-state index contributed by atoms with van der Waals surface area (Å²) in [6, 6.07) is 7.25. The Morgan fingerprint density at radius 1 is 1.11 bits per heavy atom. The molecule has 28 heavy (non-hydrogen) atoms. The number of alkyl halides is 3. The Morgan fingerprint density at radius 2 is 1.82 bits per heavy atom. The molecule has 2 rings (SSSR count). The van der Waals surface area contributed by atoms with E-state index in [1.54, 1.807) is 0 Å². The van der Waals surface area contributed by atoms with E-state index in [9.17, 15) is 22.8 Å². The lowest BCUT2D eigenvalue weighted by Crippen LogP contribution is -2.28. The maximum atomic E-state index is 13.1. The second-order valence-corrected chi connectivity index (χ2v) is 6.34. The molecule has 1 aromatic heterocycles. The summed E-state index contributed by atoms with van der Waals surface area (Å²) < 4.78 is 39.2. The van der Waals surface area contributed by atoms with Gasteiger partial charge in [-0.3, -0.25) is 14.6 Å². The van der Waals surface area contributed by atoms with Crippen molar-refractivity contribution in [2.45, 2.75) is 12.6 Å². The van der Waals surface area contributed by atoms with E-state index < -0.39 is 23.6 Å². The van der Waals surface area contributed by atoms with Gasteiger partial charge in [0.1, 0.15) is 5.69 Å². The smallest absolute Gasteiger partial charge is 0.351 e. The molecule has 0 spiro atoms. The first-order chi connectivity index (χ1) is 13.2. The largest absolute Gasteiger partial charge is 0.418 e. The number of aromatic nitrogens is 1. The van der Waals surface area contributed by atoms with Crippen LogP contribution in [0.2, 0.25) is 0 Å². The van der Waals surface area contributed by atoms with Gasteiger partial charge in [0, 0.05) is 18.3 Å². The molecule has 0 atom stereocenters. The van der Waals surface area contributed by atoms with E-state index in [1.165, 1.54) is 36.5 Å². The normalized spacial score (nSPS) is 11.4. The van der Waals surface area contributed by atoms with Crippen LogP contribution >= 0.6 is 0 Å². The van der Waals surface area contributed by atoms with E-state index in [0.717, 1.165) is 19.0 Å². The van der Waals surface area contributed by atoms with Gasteiger partial charge in [-0.15, -0.1) is 0 Å². The third-order valence-corrected chi connectivity index (χ3v) is 3.80. The van der Waals surface area contributed by atoms with Gasteiger partial charge in [0.15, 0.2) is 0 Å². The summed E-state index contributed by atoms with van der Waals surface area (Å²) in [6.07, 6.45) is -2.59. The molecule has 2 amide bonds. The SMILES string of the molecule is CN(C)CCCNC(=O)c1cc(C(=O)Nc2ccccc2C(F)(F)F)ccn1. The van der Waals surface area contributed by atoms with Crippen LogP contribution in [-0.4, -0.2) is 48.9 Å². The summed E-state index contributed by atoms with van der Waals surface area (Å²) in [5.41, 5.74) is -1.25. The third kappa shape index (κ3) is 6.05. The Labute approximate surface area is 160 Å². The molecule has 0 radical (unpaired) electrons. The highest BCUT2D eigenvalue weighted by Gasteiger charge is 2.33. The third-order valence-electron chi connectivity index (χ3n) is 3.80. The summed E-state index contributed by atoms with van der Waals surface area (Å²) in [7, 11) is 3.84. The monoisotopic (exact) mass is 394 g/mol. The van der Waals surface area contributed by atoms with Crippen molar-refractivity contribution < 1.29 is 22.8 Å². The molecule has 150 valence electrons. The van der Waals surface area contributed by atoms with Crippen LogP contribution in [0.5, 0.6) is 0 Å². The molecule has 0 aliphatic heterocycles. The van der Waals surface area contributed by atoms with E-state index in [4.69, 9.17) is 0 Å². The number of hydrogen-bond donors (Lipinski definition) is 2. The molecule has 9 heteroatoms. The van der Waals surface area contributed by atoms with E-state index in [0.29, 0.717) is 6.54 Å². The molecule has 1 aromatic carbocycles. The van der Waals surface area contributed by atoms with E-state index in [1.807, 2.05) is 19.0 Å². The molecular formula is C19H21F3N4O2. The summed E-state index contributed by atoms with van der Waals surface area (Å²) >= 11 is 0. The molecule has 0 fully saturated rings. The molecule has 0 bridgehead atoms. The predicted molar refractivity (Wildman–Crippen MR) is 99.1 cm³/mol. The van der Waals surface area contributed by atoms with Crippen molar-refractivity contribution in [2.75, 3.05) is 32.5 Å². The maximum Gasteiger partial charge on any atom is 0.418 e. The summed E-state index contributed by atoms with van der Waals surface area (Å²) in [5.74, 6) is -1.22. The number of hydrogen-bond acceptors (Lipinski definition) is 4. The van der Waals surface area contributed by atoms with Gasteiger partial charge in [-0.05, 0) is 51.3 Å². The van der Waals surface area contributed by atoms with Gasteiger partial charge in [-0.1, -0.05) is 12.1 Å². The van der Waals surface area contributed by atoms with Crippen molar-refractivity contribution in [3.8, 4) is 0 Å². The first kappa shape index (κ1) is 21.4. The zero-order valence-electron chi connectivity index (χ0n) is 15.5. The fraction of sp³-hybridized carbons (Fsp3) is 0.316. The molecule has 0 unspecified atom stereocenters. The Morgan fingerprint density at radius 3 is 2.50 bits per heavy atom. The standard InChI is InChI=1S/C19H21F3N4O2/c1-26(2)11-5-9-24-18(28)16-12-13(8-10-23-16)17(27)25-15-7-4-3-6-14(15)19(20,21)22/h3-4,6-8,10,12H,5,9,11H2,1-2H3,(H,24,28)(H,25,27). The second kappa shape index (κ2) is 9.32. The van der Waals surface area contributed by atoms with E-state index in [2.05, 4.69) is 15.6 Å². The molecule has 0 aliphatic rings. The number of anilines is 1. The van der Waals surface area contributed by atoms with Crippen LogP contribution in [-0.2, 0) is 6.18 Å². The first-order valence-corrected chi connectivity index (χ1v) is 8.55. The van der Waals surface area contributed by atoms with Gasteiger partial charge >= 0.3 is 6.18 Å². The van der Waals surface area contributed by atoms with Crippen molar-refractivity contribution in [3.63, 3.8) is 0 Å². The molecule has 2 N–H and O–H groups in total. The first-order valence-electron chi connectivity index (χ1n) is 8.55. The Balaban J connectivity index is 2.08. The Bertz CT molecular complexity index is 838. The van der Waals surface area contributed by atoms with Gasteiger partial charge in [-0.2, -0.15) is 13.2 Å². The predicted octanol–water partition coefficient (Wildman–Crippen LogP) is 3.03. The minimum absolute atomic E-state index is 0.0154. The van der Waals surface area contributed by atoms with Crippen LogP contribution in [0.1, 0.15) is 32.8 Å². The van der Waals surface area contributed by atoms with Crippen LogP contribution in [0, 0.1) is 0 Å². The number of halogens is 3. The maximum absolute atomic E-state index is 13.1. The molecule has 6 nitrogen and oxygen atoms in total. The van der Waals surface area contributed by atoms with Crippen molar-refractivity contribution in [2.24, 2.45) is 0 Å². The average molecular weight is 394 g/mol. The van der Waals surface area contributed by atoms with Gasteiger partial charge in [-0.25, -0.2) is 0 Å².